The summed E-state index contributed by atoms with van der Waals surface area (Å²) in [7, 11) is 0. The van der Waals surface area contributed by atoms with Crippen LogP contribution in [0.15, 0.2) is 48.5 Å². The van der Waals surface area contributed by atoms with Crippen molar-refractivity contribution < 1.29 is 4.79 Å². The van der Waals surface area contributed by atoms with Gasteiger partial charge in [-0.1, -0.05) is 25.1 Å². The summed E-state index contributed by atoms with van der Waals surface area (Å²) in [5, 5.41) is 6.50. The Bertz CT molecular complexity index is 955. The van der Waals surface area contributed by atoms with E-state index in [2.05, 4.69) is 39.2 Å². The van der Waals surface area contributed by atoms with E-state index in [1.807, 2.05) is 43.3 Å². The summed E-state index contributed by atoms with van der Waals surface area (Å²) in [6.07, 6.45) is 2.18. The van der Waals surface area contributed by atoms with Crippen molar-refractivity contribution in [2.45, 2.75) is 26.7 Å². The molecule has 0 saturated carbocycles. The van der Waals surface area contributed by atoms with Crippen LogP contribution in [0.2, 0.25) is 0 Å². The number of carbonyl (C=O) groups is 1. The molecule has 27 heavy (non-hydrogen) atoms. The summed E-state index contributed by atoms with van der Waals surface area (Å²) in [5.41, 5.74) is 3.78. The van der Waals surface area contributed by atoms with Crippen LogP contribution >= 0.6 is 0 Å². The van der Waals surface area contributed by atoms with Crippen molar-refractivity contribution in [3.8, 4) is 5.69 Å². The molecule has 1 aromatic heterocycles. The molecule has 140 valence electrons. The second kappa shape index (κ2) is 7.16. The van der Waals surface area contributed by atoms with Crippen LogP contribution in [-0.2, 0) is 0 Å². The van der Waals surface area contributed by atoms with Gasteiger partial charge in [-0.15, -0.1) is 0 Å². The second-order valence-corrected chi connectivity index (χ2v) is 7.78. The van der Waals surface area contributed by atoms with Gasteiger partial charge in [0.1, 0.15) is 5.82 Å². The Kier molecular flexibility index (Phi) is 4.70. The van der Waals surface area contributed by atoms with E-state index in [1.165, 1.54) is 0 Å². The van der Waals surface area contributed by atoms with Gasteiger partial charge in [-0.05, 0) is 68.6 Å². The smallest absolute Gasteiger partial charge is 0.251 e. The molecule has 1 aliphatic heterocycles. The number of para-hydroxylation sites is 1. The highest BCUT2D eigenvalue weighted by Gasteiger charge is 2.27. The fourth-order valence-electron chi connectivity index (χ4n) is 3.85. The van der Waals surface area contributed by atoms with Crippen molar-refractivity contribution in [2.24, 2.45) is 5.41 Å². The number of aromatic nitrogens is 2. The number of aryl methyl sites for hydroxylation is 1. The fraction of sp³-hybridized carbons (Fsp3) is 0.364. The first-order chi connectivity index (χ1) is 13.1. The molecule has 2 heterocycles. The van der Waals surface area contributed by atoms with Crippen molar-refractivity contribution in [3.63, 3.8) is 0 Å². The number of benzene rings is 2. The maximum atomic E-state index is 12.7. The van der Waals surface area contributed by atoms with Gasteiger partial charge in [-0.3, -0.25) is 9.36 Å². The molecule has 2 N–H and O–H groups in total. The number of hydrogen-bond acceptors (Lipinski definition) is 3. The van der Waals surface area contributed by atoms with Crippen LogP contribution in [0.4, 0.5) is 0 Å². The SMILES string of the molecule is Cc1nc2cc(C(=O)NCC3(C)CCNCC3)ccc2n1-c1ccccc1. The monoisotopic (exact) mass is 362 g/mol. The lowest BCUT2D eigenvalue weighted by atomic mass is 9.81. The van der Waals surface area contributed by atoms with Crippen LogP contribution in [0, 0.1) is 12.3 Å². The third-order valence-electron chi connectivity index (χ3n) is 5.59. The van der Waals surface area contributed by atoms with Gasteiger partial charge in [0.15, 0.2) is 0 Å². The summed E-state index contributed by atoms with van der Waals surface area (Å²) in [6, 6.07) is 15.9. The largest absolute Gasteiger partial charge is 0.351 e. The minimum Gasteiger partial charge on any atom is -0.351 e. The fourth-order valence-corrected chi connectivity index (χ4v) is 3.85. The average Bonchev–Trinajstić information content (AvgIpc) is 3.02. The summed E-state index contributed by atoms with van der Waals surface area (Å²) in [6.45, 7) is 7.00. The van der Waals surface area contributed by atoms with Gasteiger partial charge in [-0.25, -0.2) is 4.98 Å². The first-order valence-corrected chi connectivity index (χ1v) is 9.59. The minimum absolute atomic E-state index is 0.0245. The Balaban J connectivity index is 1.56. The molecule has 0 unspecified atom stereocenters. The van der Waals surface area contributed by atoms with E-state index in [0.717, 1.165) is 48.5 Å². The Morgan fingerprint density at radius 2 is 1.93 bits per heavy atom. The molecule has 0 bridgehead atoms. The van der Waals surface area contributed by atoms with Gasteiger partial charge in [0.25, 0.3) is 5.91 Å². The molecule has 4 rings (SSSR count). The number of fused-ring (bicyclic) bond motifs is 1. The third-order valence-corrected chi connectivity index (χ3v) is 5.59. The van der Waals surface area contributed by atoms with Crippen LogP contribution in [-0.4, -0.2) is 35.1 Å². The van der Waals surface area contributed by atoms with Crippen molar-refractivity contribution in [3.05, 3.63) is 59.9 Å². The summed E-state index contributed by atoms with van der Waals surface area (Å²) >= 11 is 0. The lowest BCUT2D eigenvalue weighted by Gasteiger charge is -2.34. The first kappa shape index (κ1) is 17.7. The molecule has 1 saturated heterocycles. The van der Waals surface area contributed by atoms with Gasteiger partial charge in [0.05, 0.1) is 11.0 Å². The summed E-state index contributed by atoms with van der Waals surface area (Å²) in [4.78, 5) is 17.3. The maximum absolute atomic E-state index is 12.7. The van der Waals surface area contributed by atoms with E-state index in [4.69, 9.17) is 0 Å². The number of hydrogen-bond donors (Lipinski definition) is 2. The Morgan fingerprint density at radius 3 is 2.67 bits per heavy atom. The number of imidazole rings is 1. The molecular formula is C22H26N4O. The molecule has 5 nitrogen and oxygen atoms in total. The number of nitrogens with zero attached hydrogens (tertiary/aromatic N) is 2. The maximum Gasteiger partial charge on any atom is 0.251 e. The van der Waals surface area contributed by atoms with Crippen LogP contribution < -0.4 is 10.6 Å². The van der Waals surface area contributed by atoms with E-state index >= 15 is 0 Å². The predicted molar refractivity (Wildman–Crippen MR) is 108 cm³/mol. The van der Waals surface area contributed by atoms with Crippen LogP contribution in [0.5, 0.6) is 0 Å². The zero-order chi connectivity index (χ0) is 18.9. The van der Waals surface area contributed by atoms with E-state index in [-0.39, 0.29) is 11.3 Å². The zero-order valence-corrected chi connectivity index (χ0v) is 16.0. The Hall–Kier alpha value is -2.66. The van der Waals surface area contributed by atoms with Gasteiger partial charge in [0, 0.05) is 17.8 Å². The topological polar surface area (TPSA) is 59.0 Å². The third kappa shape index (κ3) is 3.60. The normalized spacial score (nSPS) is 16.4. The molecule has 0 atom stereocenters. The van der Waals surface area contributed by atoms with E-state index in [9.17, 15) is 4.79 Å². The van der Waals surface area contributed by atoms with Gasteiger partial charge < -0.3 is 10.6 Å². The highest BCUT2D eigenvalue weighted by molar-refractivity contribution is 5.97. The number of carbonyl (C=O) groups excluding carboxylic acids is 1. The van der Waals surface area contributed by atoms with E-state index in [1.54, 1.807) is 0 Å². The van der Waals surface area contributed by atoms with Gasteiger partial charge in [-0.2, -0.15) is 0 Å². The highest BCUT2D eigenvalue weighted by Crippen LogP contribution is 2.27. The summed E-state index contributed by atoms with van der Waals surface area (Å²) < 4.78 is 2.12. The highest BCUT2D eigenvalue weighted by atomic mass is 16.1. The molecule has 1 fully saturated rings. The number of rotatable bonds is 4. The predicted octanol–water partition coefficient (Wildman–Crippen LogP) is 3.45. The van der Waals surface area contributed by atoms with Crippen molar-refractivity contribution in [1.82, 2.24) is 20.2 Å². The molecule has 0 spiro atoms. The molecule has 0 aliphatic carbocycles. The minimum atomic E-state index is -0.0245. The van der Waals surface area contributed by atoms with Crippen LogP contribution in [0.3, 0.4) is 0 Å². The van der Waals surface area contributed by atoms with Crippen LogP contribution in [0.1, 0.15) is 35.9 Å². The van der Waals surface area contributed by atoms with Crippen LogP contribution in [0.25, 0.3) is 16.7 Å². The van der Waals surface area contributed by atoms with Crippen molar-refractivity contribution in [1.29, 1.82) is 0 Å². The zero-order valence-electron chi connectivity index (χ0n) is 16.0. The average molecular weight is 362 g/mol. The Labute approximate surface area is 159 Å². The molecule has 0 radical (unpaired) electrons. The number of nitrogens with one attached hydrogen (secondary N) is 2. The molecule has 5 heteroatoms. The summed E-state index contributed by atoms with van der Waals surface area (Å²) in [5.74, 6) is 0.888. The standard InChI is InChI=1S/C22H26N4O/c1-16-25-19-14-17(21(27)24-15-22(2)10-12-23-13-11-22)8-9-20(19)26(16)18-6-4-3-5-7-18/h3-9,14,23H,10-13,15H2,1-2H3,(H,24,27). The molecule has 3 aromatic rings. The molecule has 2 aromatic carbocycles. The quantitative estimate of drug-likeness (QED) is 0.747. The van der Waals surface area contributed by atoms with E-state index in [0.29, 0.717) is 12.1 Å². The van der Waals surface area contributed by atoms with Crippen molar-refractivity contribution in [2.75, 3.05) is 19.6 Å². The lowest BCUT2D eigenvalue weighted by Crippen LogP contribution is -2.42. The molecular weight excluding hydrogens is 336 g/mol. The Morgan fingerprint density at radius 1 is 1.19 bits per heavy atom. The molecule has 1 aliphatic rings. The van der Waals surface area contributed by atoms with Gasteiger partial charge in [0.2, 0.25) is 0 Å². The number of piperidine rings is 1. The van der Waals surface area contributed by atoms with E-state index < -0.39 is 0 Å². The lowest BCUT2D eigenvalue weighted by molar-refractivity contribution is 0.0922. The second-order valence-electron chi connectivity index (χ2n) is 7.78. The number of amides is 1. The van der Waals surface area contributed by atoms with Gasteiger partial charge >= 0.3 is 0 Å². The first-order valence-electron chi connectivity index (χ1n) is 9.59. The molecule has 1 amide bonds. The van der Waals surface area contributed by atoms with Crippen molar-refractivity contribution >= 4 is 16.9 Å².